The van der Waals surface area contributed by atoms with Gasteiger partial charge < -0.3 is 9.64 Å². The second kappa shape index (κ2) is 9.29. The van der Waals surface area contributed by atoms with Gasteiger partial charge in [-0.1, -0.05) is 24.3 Å². The van der Waals surface area contributed by atoms with Crippen LogP contribution >= 0.6 is 0 Å². The standard InChI is InChI=1S/C24H26FN3O3/c1-17-26-21-10-4-2-8-19(21)24(30)28(17)14-12-23(29)27-13-6-7-18(15-27)16-31-22-11-5-3-9-20(22)25/h2-5,8-11,18H,6-7,12-16H2,1H3/t18-/m1/s1. The highest BCUT2D eigenvalue weighted by molar-refractivity contribution is 5.78. The van der Waals surface area contributed by atoms with E-state index >= 15 is 0 Å². The van der Waals surface area contributed by atoms with Gasteiger partial charge in [0, 0.05) is 32.0 Å². The van der Waals surface area contributed by atoms with Gasteiger partial charge in [-0.2, -0.15) is 0 Å². The number of carbonyl (C=O) groups excluding carboxylic acids is 1. The molecule has 31 heavy (non-hydrogen) atoms. The molecule has 1 saturated heterocycles. The highest BCUT2D eigenvalue weighted by atomic mass is 19.1. The summed E-state index contributed by atoms with van der Waals surface area (Å²) < 4.78 is 21.0. The Balaban J connectivity index is 1.36. The van der Waals surface area contributed by atoms with E-state index in [1.807, 2.05) is 23.1 Å². The third-order valence-corrected chi connectivity index (χ3v) is 5.78. The van der Waals surface area contributed by atoms with Crippen molar-refractivity contribution in [3.63, 3.8) is 0 Å². The first-order valence-electron chi connectivity index (χ1n) is 10.6. The first-order valence-corrected chi connectivity index (χ1v) is 10.6. The van der Waals surface area contributed by atoms with Gasteiger partial charge in [0.15, 0.2) is 11.6 Å². The van der Waals surface area contributed by atoms with E-state index in [1.165, 1.54) is 6.07 Å². The van der Waals surface area contributed by atoms with Crippen LogP contribution in [-0.2, 0) is 11.3 Å². The minimum atomic E-state index is -0.379. The quantitative estimate of drug-likeness (QED) is 0.608. The monoisotopic (exact) mass is 423 g/mol. The van der Waals surface area contributed by atoms with Gasteiger partial charge in [0.25, 0.3) is 5.56 Å². The number of para-hydroxylation sites is 2. The van der Waals surface area contributed by atoms with Crippen LogP contribution in [-0.4, -0.2) is 40.1 Å². The average Bonchev–Trinajstić information content (AvgIpc) is 2.78. The fraction of sp³-hybridized carbons (Fsp3) is 0.375. The van der Waals surface area contributed by atoms with Crippen LogP contribution in [0.25, 0.3) is 10.9 Å². The number of rotatable bonds is 6. The van der Waals surface area contributed by atoms with Crippen molar-refractivity contribution in [3.8, 4) is 5.75 Å². The number of benzene rings is 2. The number of aryl methyl sites for hydroxylation is 1. The Morgan fingerprint density at radius 2 is 1.97 bits per heavy atom. The molecule has 0 saturated carbocycles. The molecule has 0 N–H and O–H groups in total. The molecular formula is C24H26FN3O3. The molecule has 1 fully saturated rings. The van der Waals surface area contributed by atoms with Crippen LogP contribution in [0.3, 0.4) is 0 Å². The molecule has 0 bridgehead atoms. The number of nitrogens with zero attached hydrogens (tertiary/aromatic N) is 3. The zero-order valence-electron chi connectivity index (χ0n) is 17.6. The molecule has 1 aliphatic heterocycles. The summed E-state index contributed by atoms with van der Waals surface area (Å²) in [5.41, 5.74) is 0.548. The molecule has 1 aliphatic rings. The van der Waals surface area contributed by atoms with Crippen LogP contribution in [0.5, 0.6) is 5.75 Å². The first-order chi connectivity index (χ1) is 15.0. The summed E-state index contributed by atoms with van der Waals surface area (Å²) >= 11 is 0. The number of ether oxygens (including phenoxy) is 1. The molecule has 4 rings (SSSR count). The number of hydrogen-bond donors (Lipinski definition) is 0. The van der Waals surface area contributed by atoms with Crippen molar-refractivity contribution in [1.29, 1.82) is 0 Å². The lowest BCUT2D eigenvalue weighted by molar-refractivity contribution is -0.133. The molecule has 2 aromatic carbocycles. The smallest absolute Gasteiger partial charge is 0.261 e. The molecule has 0 radical (unpaired) electrons. The van der Waals surface area contributed by atoms with Crippen molar-refractivity contribution >= 4 is 16.8 Å². The number of likely N-dealkylation sites (tertiary alicyclic amines) is 1. The maximum absolute atomic E-state index is 13.8. The maximum Gasteiger partial charge on any atom is 0.261 e. The Morgan fingerprint density at radius 3 is 2.81 bits per heavy atom. The summed E-state index contributed by atoms with van der Waals surface area (Å²) in [5.74, 6) is 0.631. The van der Waals surface area contributed by atoms with Gasteiger partial charge >= 0.3 is 0 Å². The normalized spacial score (nSPS) is 16.5. The number of hydrogen-bond acceptors (Lipinski definition) is 4. The van der Waals surface area contributed by atoms with Crippen LogP contribution < -0.4 is 10.3 Å². The predicted octanol–water partition coefficient (Wildman–Crippen LogP) is 3.55. The maximum atomic E-state index is 13.8. The van der Waals surface area contributed by atoms with Crippen LogP contribution in [0.2, 0.25) is 0 Å². The molecule has 1 atom stereocenters. The molecule has 0 spiro atoms. The van der Waals surface area contributed by atoms with Gasteiger partial charge in [0.05, 0.1) is 17.5 Å². The number of piperidine rings is 1. The Labute approximate surface area is 180 Å². The lowest BCUT2D eigenvalue weighted by atomic mass is 9.98. The van der Waals surface area contributed by atoms with Gasteiger partial charge in [-0.05, 0) is 44.0 Å². The molecule has 7 heteroatoms. The van der Waals surface area contributed by atoms with Crippen molar-refractivity contribution in [2.24, 2.45) is 5.92 Å². The highest BCUT2D eigenvalue weighted by Crippen LogP contribution is 2.21. The van der Waals surface area contributed by atoms with Crippen molar-refractivity contribution in [2.75, 3.05) is 19.7 Å². The minimum Gasteiger partial charge on any atom is -0.490 e. The Bertz CT molecular complexity index is 1140. The number of carbonyl (C=O) groups is 1. The van der Waals surface area contributed by atoms with Crippen LogP contribution in [0.15, 0.2) is 53.3 Å². The molecule has 3 aromatic rings. The fourth-order valence-corrected chi connectivity index (χ4v) is 4.10. The minimum absolute atomic E-state index is 0.00931. The van der Waals surface area contributed by atoms with Crippen molar-refractivity contribution < 1.29 is 13.9 Å². The molecular weight excluding hydrogens is 397 g/mol. The zero-order valence-corrected chi connectivity index (χ0v) is 17.6. The van der Waals surface area contributed by atoms with Gasteiger partial charge in [0.2, 0.25) is 5.91 Å². The molecule has 6 nitrogen and oxygen atoms in total. The topological polar surface area (TPSA) is 64.4 Å². The predicted molar refractivity (Wildman–Crippen MR) is 117 cm³/mol. The summed E-state index contributed by atoms with van der Waals surface area (Å²) in [6, 6.07) is 13.6. The van der Waals surface area contributed by atoms with Crippen molar-refractivity contribution in [2.45, 2.75) is 32.7 Å². The summed E-state index contributed by atoms with van der Waals surface area (Å²) in [5, 5.41) is 0.559. The zero-order chi connectivity index (χ0) is 21.8. The van der Waals surface area contributed by atoms with Crippen LogP contribution in [0.1, 0.15) is 25.1 Å². The Hall–Kier alpha value is -3.22. The lowest BCUT2D eigenvalue weighted by Crippen LogP contribution is -2.42. The van der Waals surface area contributed by atoms with E-state index in [0.717, 1.165) is 12.8 Å². The summed E-state index contributed by atoms with van der Waals surface area (Å²) in [6.07, 6.45) is 2.06. The summed E-state index contributed by atoms with van der Waals surface area (Å²) in [7, 11) is 0. The number of amides is 1. The largest absolute Gasteiger partial charge is 0.490 e. The van der Waals surface area contributed by atoms with E-state index in [2.05, 4.69) is 4.98 Å². The van der Waals surface area contributed by atoms with Gasteiger partial charge in [-0.15, -0.1) is 0 Å². The van der Waals surface area contributed by atoms with Gasteiger partial charge in [-0.3, -0.25) is 14.2 Å². The third kappa shape index (κ3) is 4.76. The first kappa shape index (κ1) is 21.0. The Morgan fingerprint density at radius 1 is 1.19 bits per heavy atom. The lowest BCUT2D eigenvalue weighted by Gasteiger charge is -2.33. The number of halogens is 1. The van der Waals surface area contributed by atoms with Gasteiger partial charge in [-0.25, -0.2) is 9.37 Å². The van der Waals surface area contributed by atoms with E-state index in [4.69, 9.17) is 4.74 Å². The van der Waals surface area contributed by atoms with Gasteiger partial charge in [0.1, 0.15) is 5.82 Å². The average molecular weight is 423 g/mol. The molecule has 0 aliphatic carbocycles. The fourth-order valence-electron chi connectivity index (χ4n) is 4.10. The van der Waals surface area contributed by atoms with Crippen LogP contribution in [0.4, 0.5) is 4.39 Å². The summed E-state index contributed by atoms with van der Waals surface area (Å²) in [4.78, 5) is 31.9. The molecule has 1 aromatic heterocycles. The highest BCUT2D eigenvalue weighted by Gasteiger charge is 2.24. The summed E-state index contributed by atoms with van der Waals surface area (Å²) in [6.45, 7) is 3.73. The van der Waals surface area contributed by atoms with E-state index in [9.17, 15) is 14.0 Å². The van der Waals surface area contributed by atoms with E-state index in [0.29, 0.717) is 43.0 Å². The van der Waals surface area contributed by atoms with Crippen molar-refractivity contribution in [1.82, 2.24) is 14.5 Å². The van der Waals surface area contributed by atoms with Crippen LogP contribution in [0, 0.1) is 18.7 Å². The molecule has 1 amide bonds. The second-order valence-corrected chi connectivity index (χ2v) is 7.97. The van der Waals surface area contributed by atoms with E-state index in [-0.39, 0.29) is 35.4 Å². The molecule has 2 heterocycles. The third-order valence-electron chi connectivity index (χ3n) is 5.78. The SMILES string of the molecule is Cc1nc2ccccc2c(=O)n1CCC(=O)N1CCC[C@@H](COc2ccccc2F)C1. The van der Waals surface area contributed by atoms with E-state index < -0.39 is 0 Å². The number of aromatic nitrogens is 2. The molecule has 0 unspecified atom stereocenters. The van der Waals surface area contributed by atoms with Crippen molar-refractivity contribution in [3.05, 3.63) is 70.5 Å². The Kier molecular flexibility index (Phi) is 6.30. The molecule has 162 valence electrons. The second-order valence-electron chi connectivity index (χ2n) is 7.97. The number of fused-ring (bicyclic) bond motifs is 1. The van der Waals surface area contributed by atoms with E-state index in [1.54, 1.807) is 35.8 Å².